The maximum absolute atomic E-state index is 14.6. The number of rotatable bonds is 14. The van der Waals surface area contributed by atoms with Gasteiger partial charge >= 0.3 is 6.09 Å². The summed E-state index contributed by atoms with van der Waals surface area (Å²) in [6.45, 7) is 19.8. The standard InChI is InChI=1S/C35H51N3O4/c1-10-27-17-14-18-29(22-27)31(32(39)36-23-28-15-12-11-13-16-28)38(26(6)20-19-24(2)3)33(40)30(21-25(4)5)37-34(41)42-35(7,8)9/h10-18,22,24-26,30-31H,1,19-21,23H2,2-9H3,(H,36,39)(H,37,41). The van der Waals surface area contributed by atoms with Crippen LogP contribution in [0.15, 0.2) is 61.2 Å². The zero-order valence-corrected chi connectivity index (χ0v) is 26.8. The molecule has 0 saturated carbocycles. The van der Waals surface area contributed by atoms with Crippen LogP contribution in [0.4, 0.5) is 4.79 Å². The van der Waals surface area contributed by atoms with Gasteiger partial charge in [0.25, 0.3) is 0 Å². The second kappa shape index (κ2) is 16.1. The molecule has 3 atom stereocenters. The predicted molar refractivity (Wildman–Crippen MR) is 171 cm³/mol. The van der Waals surface area contributed by atoms with Gasteiger partial charge in [0, 0.05) is 12.6 Å². The third kappa shape index (κ3) is 11.3. The van der Waals surface area contributed by atoms with E-state index in [2.05, 4.69) is 31.1 Å². The van der Waals surface area contributed by atoms with Gasteiger partial charge < -0.3 is 20.3 Å². The Labute approximate surface area is 253 Å². The van der Waals surface area contributed by atoms with Crippen molar-refractivity contribution in [3.63, 3.8) is 0 Å². The van der Waals surface area contributed by atoms with Gasteiger partial charge in [-0.15, -0.1) is 0 Å². The van der Waals surface area contributed by atoms with Crippen LogP contribution in [0, 0.1) is 11.8 Å². The van der Waals surface area contributed by atoms with Crippen LogP contribution in [-0.2, 0) is 20.9 Å². The Morgan fingerprint density at radius 1 is 0.929 bits per heavy atom. The summed E-state index contributed by atoms with van der Waals surface area (Å²) in [6, 6.07) is 15.2. The van der Waals surface area contributed by atoms with E-state index < -0.39 is 23.8 Å². The van der Waals surface area contributed by atoms with Gasteiger partial charge in [-0.25, -0.2) is 4.79 Å². The Morgan fingerprint density at radius 2 is 1.60 bits per heavy atom. The molecule has 7 nitrogen and oxygen atoms in total. The minimum Gasteiger partial charge on any atom is -0.444 e. The fourth-order valence-corrected chi connectivity index (χ4v) is 4.81. The number of hydrogen-bond acceptors (Lipinski definition) is 4. The fraction of sp³-hybridized carbons (Fsp3) is 0.514. The molecule has 0 radical (unpaired) electrons. The normalized spacial score (nSPS) is 13.7. The quantitative estimate of drug-likeness (QED) is 0.247. The number of nitrogens with zero attached hydrogens (tertiary/aromatic N) is 1. The summed E-state index contributed by atoms with van der Waals surface area (Å²) in [5.41, 5.74) is 1.77. The minimum absolute atomic E-state index is 0.108. The monoisotopic (exact) mass is 577 g/mol. The van der Waals surface area contributed by atoms with E-state index in [-0.39, 0.29) is 23.8 Å². The highest BCUT2D eigenvalue weighted by Crippen LogP contribution is 2.29. The van der Waals surface area contributed by atoms with Crippen molar-refractivity contribution in [2.45, 2.75) is 105 Å². The molecule has 2 rings (SSSR count). The van der Waals surface area contributed by atoms with Gasteiger partial charge in [-0.05, 0) is 81.5 Å². The lowest BCUT2D eigenvalue weighted by atomic mass is 9.94. The van der Waals surface area contributed by atoms with E-state index in [1.807, 2.05) is 75.4 Å². The van der Waals surface area contributed by atoms with E-state index in [9.17, 15) is 14.4 Å². The Morgan fingerprint density at radius 3 is 2.17 bits per heavy atom. The molecule has 2 N–H and O–H groups in total. The fourth-order valence-electron chi connectivity index (χ4n) is 4.81. The summed E-state index contributed by atoms with van der Waals surface area (Å²) >= 11 is 0. The lowest BCUT2D eigenvalue weighted by Gasteiger charge is -2.39. The summed E-state index contributed by atoms with van der Waals surface area (Å²) in [4.78, 5) is 43.2. The molecule has 0 saturated heterocycles. The van der Waals surface area contributed by atoms with Gasteiger partial charge in [-0.2, -0.15) is 0 Å². The van der Waals surface area contributed by atoms with Crippen molar-refractivity contribution in [2.75, 3.05) is 0 Å². The molecule has 0 aromatic heterocycles. The highest BCUT2D eigenvalue weighted by molar-refractivity contribution is 5.92. The zero-order valence-electron chi connectivity index (χ0n) is 26.8. The van der Waals surface area contributed by atoms with E-state index >= 15 is 0 Å². The molecule has 0 bridgehead atoms. The first-order chi connectivity index (χ1) is 19.7. The minimum atomic E-state index is -0.918. The molecule has 0 fully saturated rings. The second-order valence-electron chi connectivity index (χ2n) is 12.9. The first-order valence-electron chi connectivity index (χ1n) is 15.1. The lowest BCUT2D eigenvalue weighted by Crippen LogP contribution is -2.55. The van der Waals surface area contributed by atoms with Crippen LogP contribution in [0.25, 0.3) is 6.08 Å². The van der Waals surface area contributed by atoms with E-state index in [4.69, 9.17) is 4.74 Å². The van der Waals surface area contributed by atoms with Gasteiger partial charge in [-0.1, -0.05) is 88.9 Å². The van der Waals surface area contributed by atoms with E-state index in [1.165, 1.54) is 0 Å². The number of carbonyl (C=O) groups is 3. The summed E-state index contributed by atoms with van der Waals surface area (Å²) in [5, 5.41) is 5.90. The number of benzene rings is 2. The molecule has 0 aliphatic rings. The third-order valence-corrected chi connectivity index (χ3v) is 6.89. The van der Waals surface area contributed by atoms with Gasteiger partial charge in [0.2, 0.25) is 11.8 Å². The van der Waals surface area contributed by atoms with Crippen LogP contribution in [0.1, 0.15) is 97.4 Å². The molecular formula is C35H51N3O4. The SMILES string of the molecule is C=Cc1cccc(C(C(=O)NCc2ccccc2)N(C(=O)C(CC(C)C)NC(=O)OC(C)(C)C)C(C)CCC(C)C)c1. The summed E-state index contributed by atoms with van der Waals surface area (Å²) in [7, 11) is 0. The summed E-state index contributed by atoms with van der Waals surface area (Å²) in [5.74, 6) is -0.0681. The van der Waals surface area contributed by atoms with Gasteiger partial charge in [0.05, 0.1) is 0 Å². The van der Waals surface area contributed by atoms with Crippen molar-refractivity contribution in [3.05, 3.63) is 77.9 Å². The smallest absolute Gasteiger partial charge is 0.408 e. The van der Waals surface area contributed by atoms with Crippen molar-refractivity contribution in [1.82, 2.24) is 15.5 Å². The zero-order chi connectivity index (χ0) is 31.4. The molecule has 3 amide bonds. The molecule has 2 aromatic rings. The first-order valence-corrected chi connectivity index (χ1v) is 15.1. The van der Waals surface area contributed by atoms with E-state index in [1.54, 1.807) is 31.7 Å². The number of ether oxygens (including phenoxy) is 1. The van der Waals surface area contributed by atoms with Gasteiger partial charge in [-0.3, -0.25) is 9.59 Å². The number of hydrogen-bond donors (Lipinski definition) is 2. The number of alkyl carbamates (subject to hydrolysis) is 1. The Kier molecular flexibility index (Phi) is 13.3. The van der Waals surface area contributed by atoms with E-state index in [0.29, 0.717) is 30.9 Å². The first kappa shape index (κ1) is 34.6. The van der Waals surface area contributed by atoms with Crippen molar-refractivity contribution < 1.29 is 19.1 Å². The largest absolute Gasteiger partial charge is 0.444 e. The molecule has 0 aliphatic carbocycles. The van der Waals surface area contributed by atoms with Crippen molar-refractivity contribution in [3.8, 4) is 0 Å². The van der Waals surface area contributed by atoms with Gasteiger partial charge in [0.1, 0.15) is 17.7 Å². The van der Waals surface area contributed by atoms with Crippen LogP contribution in [-0.4, -0.2) is 40.5 Å². The lowest BCUT2D eigenvalue weighted by molar-refractivity contribution is -0.145. The second-order valence-corrected chi connectivity index (χ2v) is 12.9. The molecule has 230 valence electrons. The molecule has 2 aromatic carbocycles. The Balaban J connectivity index is 2.60. The Hall–Kier alpha value is -3.61. The summed E-state index contributed by atoms with van der Waals surface area (Å²) < 4.78 is 5.52. The molecule has 0 aliphatic heterocycles. The van der Waals surface area contributed by atoms with Crippen LogP contribution < -0.4 is 10.6 Å². The third-order valence-electron chi connectivity index (χ3n) is 6.89. The van der Waals surface area contributed by atoms with Crippen molar-refractivity contribution >= 4 is 24.0 Å². The van der Waals surface area contributed by atoms with Crippen LogP contribution in [0.5, 0.6) is 0 Å². The average molecular weight is 578 g/mol. The molecule has 0 spiro atoms. The van der Waals surface area contributed by atoms with Crippen LogP contribution in [0.2, 0.25) is 0 Å². The average Bonchev–Trinajstić information content (AvgIpc) is 2.91. The molecule has 42 heavy (non-hydrogen) atoms. The predicted octanol–water partition coefficient (Wildman–Crippen LogP) is 7.28. The molecule has 7 heteroatoms. The number of amides is 3. The maximum atomic E-state index is 14.6. The van der Waals surface area contributed by atoms with Gasteiger partial charge in [0.15, 0.2) is 0 Å². The molecule has 0 heterocycles. The maximum Gasteiger partial charge on any atom is 0.408 e. The highest BCUT2D eigenvalue weighted by Gasteiger charge is 2.39. The molecular weight excluding hydrogens is 526 g/mol. The van der Waals surface area contributed by atoms with Crippen LogP contribution >= 0.6 is 0 Å². The van der Waals surface area contributed by atoms with Crippen LogP contribution in [0.3, 0.4) is 0 Å². The van der Waals surface area contributed by atoms with Crippen molar-refractivity contribution in [1.29, 1.82) is 0 Å². The molecule has 3 unspecified atom stereocenters. The summed E-state index contributed by atoms with van der Waals surface area (Å²) in [6.07, 6.45) is 3.05. The Bertz CT molecular complexity index is 1170. The topological polar surface area (TPSA) is 87.7 Å². The number of nitrogens with one attached hydrogen (secondary N) is 2. The number of carbonyl (C=O) groups excluding carboxylic acids is 3. The highest BCUT2D eigenvalue weighted by atomic mass is 16.6. The van der Waals surface area contributed by atoms with Crippen molar-refractivity contribution in [2.24, 2.45) is 11.8 Å². The van der Waals surface area contributed by atoms with E-state index in [0.717, 1.165) is 17.5 Å².